The van der Waals surface area contributed by atoms with Gasteiger partial charge in [-0.15, -0.1) is 0 Å². The summed E-state index contributed by atoms with van der Waals surface area (Å²) in [5.41, 5.74) is 1.12. The SMILES string of the molecule is CCN(CCO)CCC(NC)c1ccc(Br)cc1Cl. The second kappa shape index (κ2) is 8.93. The number of rotatable bonds is 8. The molecule has 0 amide bonds. The third-order valence-electron chi connectivity index (χ3n) is 3.28. The number of hydrogen-bond acceptors (Lipinski definition) is 3. The van der Waals surface area contributed by atoms with E-state index in [9.17, 15) is 0 Å². The highest BCUT2D eigenvalue weighted by Crippen LogP contribution is 2.28. The van der Waals surface area contributed by atoms with Crippen molar-refractivity contribution in [1.82, 2.24) is 10.2 Å². The van der Waals surface area contributed by atoms with Crippen LogP contribution in [-0.4, -0.2) is 43.3 Å². The molecule has 0 saturated heterocycles. The first-order valence-electron chi connectivity index (χ1n) is 6.57. The Balaban J connectivity index is 2.67. The fourth-order valence-corrected chi connectivity index (χ4v) is 2.93. The molecule has 0 aliphatic carbocycles. The van der Waals surface area contributed by atoms with Gasteiger partial charge in [-0.25, -0.2) is 0 Å². The number of benzene rings is 1. The first-order chi connectivity index (χ1) is 9.12. The van der Waals surface area contributed by atoms with Crippen molar-refractivity contribution in [2.45, 2.75) is 19.4 Å². The van der Waals surface area contributed by atoms with Crippen molar-refractivity contribution in [2.75, 3.05) is 33.3 Å². The molecular weight excluding hydrogens is 328 g/mol. The first-order valence-corrected chi connectivity index (χ1v) is 7.74. The Hall–Kier alpha value is -0.130. The molecule has 5 heteroatoms. The maximum Gasteiger partial charge on any atom is 0.0558 e. The van der Waals surface area contributed by atoms with Crippen LogP contribution in [0.5, 0.6) is 0 Å². The molecule has 0 bridgehead atoms. The second-order valence-corrected chi connectivity index (χ2v) is 5.78. The van der Waals surface area contributed by atoms with Gasteiger partial charge in [0.05, 0.1) is 6.61 Å². The van der Waals surface area contributed by atoms with E-state index in [2.05, 4.69) is 39.1 Å². The fourth-order valence-electron chi connectivity index (χ4n) is 2.12. The van der Waals surface area contributed by atoms with Crippen molar-refractivity contribution >= 4 is 27.5 Å². The van der Waals surface area contributed by atoms with Crippen LogP contribution < -0.4 is 5.32 Å². The molecule has 0 radical (unpaired) electrons. The minimum Gasteiger partial charge on any atom is -0.395 e. The zero-order valence-electron chi connectivity index (χ0n) is 11.5. The van der Waals surface area contributed by atoms with Crippen LogP contribution in [0.2, 0.25) is 5.02 Å². The summed E-state index contributed by atoms with van der Waals surface area (Å²) in [4.78, 5) is 2.23. The van der Waals surface area contributed by atoms with Crippen molar-refractivity contribution in [3.63, 3.8) is 0 Å². The van der Waals surface area contributed by atoms with E-state index in [0.29, 0.717) is 0 Å². The number of likely N-dealkylation sites (N-methyl/N-ethyl adjacent to an activating group) is 1. The molecule has 0 aliphatic rings. The van der Waals surface area contributed by atoms with Gasteiger partial charge in [-0.1, -0.05) is 40.5 Å². The van der Waals surface area contributed by atoms with Gasteiger partial charge < -0.3 is 15.3 Å². The zero-order chi connectivity index (χ0) is 14.3. The van der Waals surface area contributed by atoms with Crippen LogP contribution in [0.3, 0.4) is 0 Å². The molecule has 1 aromatic carbocycles. The largest absolute Gasteiger partial charge is 0.395 e. The Labute approximate surface area is 129 Å². The highest BCUT2D eigenvalue weighted by atomic mass is 79.9. The fraction of sp³-hybridized carbons (Fsp3) is 0.571. The molecule has 0 fully saturated rings. The number of hydrogen-bond donors (Lipinski definition) is 2. The van der Waals surface area contributed by atoms with Crippen LogP contribution >= 0.6 is 27.5 Å². The lowest BCUT2D eigenvalue weighted by atomic mass is 10.0. The number of nitrogens with one attached hydrogen (secondary N) is 1. The average Bonchev–Trinajstić information content (AvgIpc) is 2.39. The number of aliphatic hydroxyl groups excluding tert-OH is 1. The van der Waals surface area contributed by atoms with E-state index in [1.807, 2.05) is 19.2 Å². The molecular formula is C14H22BrClN2O. The molecule has 1 atom stereocenters. The van der Waals surface area contributed by atoms with Gasteiger partial charge in [0.2, 0.25) is 0 Å². The highest BCUT2D eigenvalue weighted by molar-refractivity contribution is 9.10. The molecule has 0 saturated carbocycles. The third-order valence-corrected chi connectivity index (χ3v) is 4.10. The maximum absolute atomic E-state index is 9.00. The van der Waals surface area contributed by atoms with Gasteiger partial charge in [0.15, 0.2) is 0 Å². The third kappa shape index (κ3) is 5.40. The molecule has 1 unspecified atom stereocenters. The number of halogens is 2. The Morgan fingerprint density at radius 1 is 1.42 bits per heavy atom. The molecule has 0 spiro atoms. The highest BCUT2D eigenvalue weighted by Gasteiger charge is 2.14. The van der Waals surface area contributed by atoms with Gasteiger partial charge in [0, 0.05) is 28.6 Å². The summed E-state index contributed by atoms with van der Waals surface area (Å²) in [5, 5.41) is 13.1. The molecule has 0 aliphatic heterocycles. The van der Waals surface area contributed by atoms with E-state index in [0.717, 1.165) is 41.1 Å². The van der Waals surface area contributed by atoms with E-state index < -0.39 is 0 Å². The Morgan fingerprint density at radius 2 is 2.16 bits per heavy atom. The van der Waals surface area contributed by atoms with E-state index in [1.165, 1.54) is 0 Å². The van der Waals surface area contributed by atoms with Gasteiger partial charge in [-0.2, -0.15) is 0 Å². The van der Waals surface area contributed by atoms with Crippen LogP contribution in [-0.2, 0) is 0 Å². The number of nitrogens with zero attached hydrogens (tertiary/aromatic N) is 1. The van der Waals surface area contributed by atoms with E-state index in [4.69, 9.17) is 16.7 Å². The van der Waals surface area contributed by atoms with Crippen molar-refractivity contribution in [2.24, 2.45) is 0 Å². The van der Waals surface area contributed by atoms with Crippen LogP contribution in [0.15, 0.2) is 22.7 Å². The summed E-state index contributed by atoms with van der Waals surface area (Å²) in [7, 11) is 1.95. The Kier molecular flexibility index (Phi) is 7.95. The lowest BCUT2D eigenvalue weighted by Gasteiger charge is -2.24. The van der Waals surface area contributed by atoms with E-state index in [-0.39, 0.29) is 12.6 Å². The van der Waals surface area contributed by atoms with Gasteiger partial charge in [0.1, 0.15) is 0 Å². The summed E-state index contributed by atoms with van der Waals surface area (Å²) in [5.74, 6) is 0. The number of aliphatic hydroxyl groups is 1. The standard InChI is InChI=1S/C14H22BrClN2O/c1-3-18(8-9-19)7-6-14(17-2)12-5-4-11(15)10-13(12)16/h4-5,10,14,17,19H,3,6-9H2,1-2H3. The van der Waals surface area contributed by atoms with Crippen LogP contribution in [0, 0.1) is 0 Å². The molecule has 1 rings (SSSR count). The second-order valence-electron chi connectivity index (χ2n) is 4.45. The molecule has 108 valence electrons. The van der Waals surface area contributed by atoms with Gasteiger partial charge in [-0.3, -0.25) is 0 Å². The van der Waals surface area contributed by atoms with E-state index >= 15 is 0 Å². The van der Waals surface area contributed by atoms with Gasteiger partial charge in [0.25, 0.3) is 0 Å². The molecule has 2 N–H and O–H groups in total. The normalized spacial score (nSPS) is 12.9. The van der Waals surface area contributed by atoms with Crippen molar-refractivity contribution in [3.05, 3.63) is 33.3 Å². The van der Waals surface area contributed by atoms with Crippen LogP contribution in [0.1, 0.15) is 24.9 Å². The van der Waals surface area contributed by atoms with E-state index in [1.54, 1.807) is 0 Å². The zero-order valence-corrected chi connectivity index (χ0v) is 13.8. The quantitative estimate of drug-likeness (QED) is 0.757. The first kappa shape index (κ1) is 16.9. The van der Waals surface area contributed by atoms with Gasteiger partial charge in [-0.05, 0) is 37.7 Å². The predicted octanol–water partition coefficient (Wildman–Crippen LogP) is 3.07. The van der Waals surface area contributed by atoms with Crippen molar-refractivity contribution < 1.29 is 5.11 Å². The maximum atomic E-state index is 9.00. The topological polar surface area (TPSA) is 35.5 Å². The summed E-state index contributed by atoms with van der Waals surface area (Å²) < 4.78 is 0.992. The smallest absolute Gasteiger partial charge is 0.0558 e. The Bertz CT molecular complexity index is 390. The van der Waals surface area contributed by atoms with Crippen molar-refractivity contribution in [3.8, 4) is 0 Å². The minimum atomic E-state index is 0.205. The summed E-state index contributed by atoms with van der Waals surface area (Å²) in [6, 6.07) is 6.22. The predicted molar refractivity (Wildman–Crippen MR) is 84.8 cm³/mol. The lowest BCUT2D eigenvalue weighted by Crippen LogP contribution is -2.30. The molecule has 3 nitrogen and oxygen atoms in total. The van der Waals surface area contributed by atoms with Crippen LogP contribution in [0.25, 0.3) is 0 Å². The minimum absolute atomic E-state index is 0.205. The summed E-state index contributed by atoms with van der Waals surface area (Å²) in [6.45, 7) is 4.93. The van der Waals surface area contributed by atoms with Crippen molar-refractivity contribution in [1.29, 1.82) is 0 Å². The Morgan fingerprint density at radius 3 is 2.68 bits per heavy atom. The average molecular weight is 350 g/mol. The molecule has 0 heterocycles. The molecule has 19 heavy (non-hydrogen) atoms. The lowest BCUT2D eigenvalue weighted by molar-refractivity contribution is 0.196. The molecule has 1 aromatic rings. The summed E-state index contributed by atoms with van der Waals surface area (Å²) in [6.07, 6.45) is 0.964. The monoisotopic (exact) mass is 348 g/mol. The van der Waals surface area contributed by atoms with Gasteiger partial charge >= 0.3 is 0 Å². The molecule has 0 aromatic heterocycles. The summed E-state index contributed by atoms with van der Waals surface area (Å²) >= 11 is 9.71. The van der Waals surface area contributed by atoms with Crippen LogP contribution in [0.4, 0.5) is 0 Å².